The largest absolute Gasteiger partial charge is 0.367 e. The molecule has 1 saturated carbocycles. The van der Waals surface area contributed by atoms with Crippen molar-refractivity contribution in [3.63, 3.8) is 0 Å². The highest BCUT2D eigenvalue weighted by molar-refractivity contribution is 6.30. The molecular formula is C13H19ClN2. The van der Waals surface area contributed by atoms with Crippen molar-refractivity contribution in [3.05, 3.63) is 23.4 Å². The summed E-state index contributed by atoms with van der Waals surface area (Å²) in [7, 11) is 0. The third-order valence-electron chi connectivity index (χ3n) is 3.18. The van der Waals surface area contributed by atoms with Gasteiger partial charge in [-0.05, 0) is 25.0 Å². The van der Waals surface area contributed by atoms with E-state index < -0.39 is 0 Å². The van der Waals surface area contributed by atoms with E-state index in [1.807, 2.05) is 12.1 Å². The highest BCUT2D eigenvalue weighted by Crippen LogP contribution is 2.20. The Hall–Kier alpha value is -0.760. The van der Waals surface area contributed by atoms with Crippen molar-refractivity contribution in [2.75, 3.05) is 5.32 Å². The van der Waals surface area contributed by atoms with Crippen molar-refractivity contribution in [1.82, 2.24) is 4.98 Å². The molecule has 2 rings (SSSR count). The van der Waals surface area contributed by atoms with Crippen molar-refractivity contribution < 1.29 is 0 Å². The normalized spacial score (nSPS) is 18.8. The Morgan fingerprint density at radius 1 is 1.06 bits per heavy atom. The van der Waals surface area contributed by atoms with E-state index in [2.05, 4.69) is 10.3 Å². The first-order valence-corrected chi connectivity index (χ1v) is 6.60. The molecule has 1 fully saturated rings. The Kier molecular flexibility index (Phi) is 4.46. The zero-order valence-corrected chi connectivity index (χ0v) is 10.3. The van der Waals surface area contributed by atoms with Crippen LogP contribution in [-0.2, 0) is 0 Å². The fourth-order valence-electron chi connectivity index (χ4n) is 2.27. The van der Waals surface area contributed by atoms with Gasteiger partial charge in [0.2, 0.25) is 0 Å². The van der Waals surface area contributed by atoms with Gasteiger partial charge in [-0.2, -0.15) is 0 Å². The summed E-state index contributed by atoms with van der Waals surface area (Å²) >= 11 is 5.81. The molecule has 1 aliphatic rings. The minimum absolute atomic E-state index is 0.592. The predicted molar refractivity (Wildman–Crippen MR) is 69.0 cm³/mol. The minimum Gasteiger partial charge on any atom is -0.367 e. The van der Waals surface area contributed by atoms with Crippen LogP contribution in [0.1, 0.15) is 44.9 Å². The maximum absolute atomic E-state index is 5.81. The van der Waals surface area contributed by atoms with E-state index in [9.17, 15) is 0 Å². The van der Waals surface area contributed by atoms with Gasteiger partial charge in [0.1, 0.15) is 5.82 Å². The van der Waals surface area contributed by atoms with Gasteiger partial charge in [0.15, 0.2) is 0 Å². The van der Waals surface area contributed by atoms with Crippen molar-refractivity contribution >= 4 is 17.4 Å². The quantitative estimate of drug-likeness (QED) is 0.833. The number of nitrogens with one attached hydrogen (secondary N) is 1. The zero-order valence-electron chi connectivity index (χ0n) is 9.58. The van der Waals surface area contributed by atoms with Gasteiger partial charge < -0.3 is 5.32 Å². The molecule has 1 aromatic rings. The predicted octanol–water partition coefficient (Wildman–Crippen LogP) is 4.26. The van der Waals surface area contributed by atoms with Crippen LogP contribution in [-0.4, -0.2) is 11.0 Å². The summed E-state index contributed by atoms with van der Waals surface area (Å²) in [5.74, 6) is 0.954. The smallest absolute Gasteiger partial charge is 0.126 e. The molecule has 1 aliphatic carbocycles. The average Bonchev–Trinajstić information content (AvgIpc) is 2.25. The van der Waals surface area contributed by atoms with Crippen LogP contribution in [0.3, 0.4) is 0 Å². The van der Waals surface area contributed by atoms with Crippen LogP contribution >= 0.6 is 11.6 Å². The number of hydrogen-bond donors (Lipinski definition) is 1. The number of aromatic nitrogens is 1. The number of nitrogens with zero attached hydrogens (tertiary/aromatic N) is 1. The van der Waals surface area contributed by atoms with Gasteiger partial charge in [0, 0.05) is 12.2 Å². The summed E-state index contributed by atoms with van der Waals surface area (Å²) in [5.41, 5.74) is 0. The van der Waals surface area contributed by atoms with Gasteiger partial charge in [0.25, 0.3) is 0 Å². The van der Waals surface area contributed by atoms with Crippen LogP contribution in [0, 0.1) is 0 Å². The Labute approximate surface area is 102 Å². The summed E-state index contributed by atoms with van der Waals surface area (Å²) in [5, 5.41) is 4.20. The Morgan fingerprint density at radius 3 is 2.38 bits per heavy atom. The fourth-order valence-corrected chi connectivity index (χ4v) is 2.38. The Balaban J connectivity index is 1.89. The van der Waals surface area contributed by atoms with E-state index in [1.54, 1.807) is 6.20 Å². The molecule has 0 aliphatic heterocycles. The molecule has 0 radical (unpaired) electrons. The first-order valence-electron chi connectivity index (χ1n) is 6.23. The van der Waals surface area contributed by atoms with Crippen molar-refractivity contribution in [2.45, 2.75) is 51.0 Å². The molecule has 0 spiro atoms. The fraction of sp³-hybridized carbons (Fsp3) is 0.615. The van der Waals surface area contributed by atoms with Gasteiger partial charge in [-0.3, -0.25) is 0 Å². The topological polar surface area (TPSA) is 24.9 Å². The number of rotatable bonds is 2. The summed E-state index contributed by atoms with van der Waals surface area (Å²) in [6.45, 7) is 0. The molecule has 2 nitrogen and oxygen atoms in total. The monoisotopic (exact) mass is 238 g/mol. The van der Waals surface area contributed by atoms with Crippen LogP contribution in [0.2, 0.25) is 5.02 Å². The van der Waals surface area contributed by atoms with E-state index in [1.165, 1.54) is 44.9 Å². The minimum atomic E-state index is 0.592. The highest BCUT2D eigenvalue weighted by Gasteiger charge is 2.11. The summed E-state index contributed by atoms with van der Waals surface area (Å²) < 4.78 is 0. The first-order chi connectivity index (χ1) is 7.84. The molecule has 1 aromatic heterocycles. The van der Waals surface area contributed by atoms with E-state index >= 15 is 0 Å². The van der Waals surface area contributed by atoms with Gasteiger partial charge in [0.05, 0.1) is 5.02 Å². The van der Waals surface area contributed by atoms with Gasteiger partial charge >= 0.3 is 0 Å². The molecule has 0 bridgehead atoms. The lowest BCUT2D eigenvalue weighted by Gasteiger charge is -2.21. The molecule has 0 saturated heterocycles. The van der Waals surface area contributed by atoms with Gasteiger partial charge in [-0.1, -0.05) is 43.7 Å². The second-order valence-electron chi connectivity index (χ2n) is 4.55. The highest BCUT2D eigenvalue weighted by atomic mass is 35.5. The van der Waals surface area contributed by atoms with E-state index in [0.717, 1.165) is 5.82 Å². The number of pyridine rings is 1. The molecule has 0 amide bonds. The lowest BCUT2D eigenvalue weighted by atomic mass is 9.97. The van der Waals surface area contributed by atoms with Crippen molar-refractivity contribution in [1.29, 1.82) is 0 Å². The Morgan fingerprint density at radius 2 is 1.75 bits per heavy atom. The maximum atomic E-state index is 5.81. The molecule has 0 aromatic carbocycles. The summed E-state index contributed by atoms with van der Waals surface area (Å²) in [6, 6.07) is 4.44. The summed E-state index contributed by atoms with van der Waals surface area (Å²) in [6.07, 6.45) is 11.1. The molecule has 1 N–H and O–H groups in total. The third kappa shape index (κ3) is 3.67. The second kappa shape index (κ2) is 6.09. The maximum Gasteiger partial charge on any atom is 0.126 e. The van der Waals surface area contributed by atoms with E-state index in [4.69, 9.17) is 11.6 Å². The second-order valence-corrected chi connectivity index (χ2v) is 4.98. The summed E-state index contributed by atoms with van der Waals surface area (Å²) in [4.78, 5) is 4.28. The van der Waals surface area contributed by atoms with E-state index in [0.29, 0.717) is 11.1 Å². The van der Waals surface area contributed by atoms with Crippen LogP contribution < -0.4 is 5.32 Å². The van der Waals surface area contributed by atoms with Crippen LogP contribution in [0.4, 0.5) is 5.82 Å². The molecule has 0 atom stereocenters. The lowest BCUT2D eigenvalue weighted by molar-refractivity contribution is 0.471. The molecule has 3 heteroatoms. The molecular weight excluding hydrogens is 220 g/mol. The number of hydrogen-bond acceptors (Lipinski definition) is 2. The van der Waals surface area contributed by atoms with E-state index in [-0.39, 0.29) is 0 Å². The van der Waals surface area contributed by atoms with Crippen molar-refractivity contribution in [3.8, 4) is 0 Å². The van der Waals surface area contributed by atoms with Gasteiger partial charge in [-0.15, -0.1) is 0 Å². The SMILES string of the molecule is Clc1ccc(NC2CCCCCCC2)nc1. The van der Waals surface area contributed by atoms with Crippen molar-refractivity contribution in [2.24, 2.45) is 0 Å². The van der Waals surface area contributed by atoms with Crippen LogP contribution in [0.25, 0.3) is 0 Å². The molecule has 16 heavy (non-hydrogen) atoms. The van der Waals surface area contributed by atoms with Gasteiger partial charge in [-0.25, -0.2) is 4.98 Å². The van der Waals surface area contributed by atoms with Crippen LogP contribution in [0.15, 0.2) is 18.3 Å². The average molecular weight is 239 g/mol. The standard InChI is InChI=1S/C13H19ClN2/c14-11-8-9-13(15-10-11)16-12-6-4-2-1-3-5-7-12/h8-10,12H,1-7H2,(H,15,16). The van der Waals surface area contributed by atoms with Crippen LogP contribution in [0.5, 0.6) is 0 Å². The number of anilines is 1. The lowest BCUT2D eigenvalue weighted by Crippen LogP contribution is -2.21. The molecule has 1 heterocycles. The molecule has 0 unspecified atom stereocenters. The zero-order chi connectivity index (χ0) is 11.2. The Bertz CT molecular complexity index is 302. The third-order valence-corrected chi connectivity index (χ3v) is 3.41. The molecule has 88 valence electrons. The number of halogens is 1. The first kappa shape index (κ1) is 11.7.